The van der Waals surface area contributed by atoms with E-state index in [4.69, 9.17) is 0 Å². The molecule has 0 spiro atoms. The van der Waals surface area contributed by atoms with Crippen molar-refractivity contribution >= 4 is 11.7 Å². The van der Waals surface area contributed by atoms with E-state index in [-0.39, 0.29) is 17.7 Å². The molecule has 3 aliphatic rings. The zero-order chi connectivity index (χ0) is 17.9. The monoisotopic (exact) mass is 354 g/mol. The molecule has 2 aliphatic carbocycles. The van der Waals surface area contributed by atoms with Gasteiger partial charge in [0.2, 0.25) is 0 Å². The van der Waals surface area contributed by atoms with Gasteiger partial charge in [-0.3, -0.25) is 9.59 Å². The van der Waals surface area contributed by atoms with Crippen LogP contribution in [0.5, 0.6) is 0 Å². The molecule has 1 saturated heterocycles. The van der Waals surface area contributed by atoms with Crippen LogP contribution in [0.25, 0.3) is 0 Å². The molecule has 4 nitrogen and oxygen atoms in total. The lowest BCUT2D eigenvalue weighted by Crippen LogP contribution is -2.47. The van der Waals surface area contributed by atoms with Crippen molar-refractivity contribution in [2.75, 3.05) is 19.6 Å². The molecule has 0 radical (unpaired) electrons. The summed E-state index contributed by atoms with van der Waals surface area (Å²) < 4.78 is 0. The van der Waals surface area contributed by atoms with Crippen LogP contribution in [-0.2, 0) is 6.42 Å². The highest BCUT2D eigenvalue weighted by molar-refractivity contribution is 6.05. The minimum Gasteiger partial charge on any atom is -0.349 e. The molecule has 2 fully saturated rings. The quantitative estimate of drug-likeness (QED) is 0.899. The van der Waals surface area contributed by atoms with E-state index in [2.05, 4.69) is 10.2 Å². The summed E-state index contributed by atoms with van der Waals surface area (Å²) >= 11 is 0. The zero-order valence-electron chi connectivity index (χ0n) is 15.6. The van der Waals surface area contributed by atoms with Crippen LogP contribution >= 0.6 is 0 Å². The zero-order valence-corrected chi connectivity index (χ0v) is 15.6. The number of amides is 1. The van der Waals surface area contributed by atoms with Crippen molar-refractivity contribution in [3.63, 3.8) is 0 Å². The van der Waals surface area contributed by atoms with Crippen molar-refractivity contribution in [2.24, 2.45) is 5.92 Å². The average Bonchev–Trinajstić information content (AvgIpc) is 3.05. The van der Waals surface area contributed by atoms with Crippen LogP contribution in [0.2, 0.25) is 0 Å². The topological polar surface area (TPSA) is 49.4 Å². The normalized spacial score (nSPS) is 26.5. The van der Waals surface area contributed by atoms with Gasteiger partial charge in [-0.1, -0.05) is 31.4 Å². The maximum Gasteiger partial charge on any atom is 0.251 e. The molecule has 0 aromatic heterocycles. The third kappa shape index (κ3) is 3.71. The summed E-state index contributed by atoms with van der Waals surface area (Å²) in [6.07, 6.45) is 10.0. The second-order valence-electron chi connectivity index (χ2n) is 8.24. The molecular formula is C22H30N2O2. The maximum absolute atomic E-state index is 13.0. The first-order valence-corrected chi connectivity index (χ1v) is 10.4. The summed E-state index contributed by atoms with van der Waals surface area (Å²) in [5.74, 6) is 0.756. The molecule has 1 heterocycles. The Morgan fingerprint density at radius 1 is 1.04 bits per heavy atom. The molecular weight excluding hydrogens is 324 g/mol. The van der Waals surface area contributed by atoms with Gasteiger partial charge in [-0.15, -0.1) is 0 Å². The van der Waals surface area contributed by atoms with Gasteiger partial charge >= 0.3 is 0 Å². The predicted octanol–water partition coefficient (Wildman–Crippen LogP) is 3.59. The second kappa shape index (κ2) is 7.91. The van der Waals surface area contributed by atoms with Gasteiger partial charge in [0.1, 0.15) is 0 Å². The highest BCUT2D eigenvalue weighted by Gasteiger charge is 2.30. The Bertz CT molecular complexity index is 679. The molecule has 1 aromatic carbocycles. The number of Topliss-reactive ketones (excluding diaryl/α,β-unsaturated/α-hetero) is 1. The summed E-state index contributed by atoms with van der Waals surface area (Å²) in [6, 6.07) is 5.87. The highest BCUT2D eigenvalue weighted by atomic mass is 16.1. The van der Waals surface area contributed by atoms with Gasteiger partial charge in [-0.05, 0) is 62.7 Å². The van der Waals surface area contributed by atoms with E-state index >= 15 is 0 Å². The summed E-state index contributed by atoms with van der Waals surface area (Å²) in [6.45, 7) is 3.55. The van der Waals surface area contributed by atoms with Crippen LogP contribution in [0.15, 0.2) is 18.2 Å². The van der Waals surface area contributed by atoms with E-state index in [1.165, 1.54) is 51.6 Å². The molecule has 0 unspecified atom stereocenters. The Morgan fingerprint density at radius 3 is 2.69 bits per heavy atom. The van der Waals surface area contributed by atoms with Crippen LogP contribution in [0, 0.1) is 5.92 Å². The third-order valence-corrected chi connectivity index (χ3v) is 6.49. The number of benzene rings is 1. The first-order chi connectivity index (χ1) is 12.7. The number of nitrogens with one attached hydrogen (secondary N) is 1. The Hall–Kier alpha value is -1.68. The van der Waals surface area contributed by atoms with E-state index in [1.807, 2.05) is 18.2 Å². The standard InChI is InChI=1S/C22H30N2O2/c25-21-12-11-17-18(21)8-6-9-19(17)22(26)23-20-10-3-2-7-16(20)15-24-13-4-1-5-14-24/h6,8-9,16,20H,1-5,7,10-15H2,(H,23,26)/t16-,20+/m0/s1. The summed E-state index contributed by atoms with van der Waals surface area (Å²) in [5, 5.41) is 3.34. The number of likely N-dealkylation sites (tertiary alicyclic amines) is 1. The van der Waals surface area contributed by atoms with Crippen LogP contribution in [-0.4, -0.2) is 42.3 Å². The maximum atomic E-state index is 13.0. The molecule has 2 atom stereocenters. The second-order valence-corrected chi connectivity index (χ2v) is 8.24. The smallest absolute Gasteiger partial charge is 0.251 e. The van der Waals surface area contributed by atoms with Crippen LogP contribution in [0.4, 0.5) is 0 Å². The summed E-state index contributed by atoms with van der Waals surface area (Å²) in [5.41, 5.74) is 2.43. The van der Waals surface area contributed by atoms with Crippen LogP contribution in [0.1, 0.15) is 77.6 Å². The Morgan fingerprint density at radius 2 is 1.85 bits per heavy atom. The Labute approximate surface area is 156 Å². The SMILES string of the molecule is O=C1CCc2c1cccc2C(=O)N[C@@H]1CCCC[C@H]1CN1CCCCC1. The first-order valence-electron chi connectivity index (χ1n) is 10.4. The van der Waals surface area contributed by atoms with Crippen LogP contribution in [0.3, 0.4) is 0 Å². The average molecular weight is 354 g/mol. The fraction of sp³-hybridized carbons (Fsp3) is 0.636. The molecule has 26 heavy (non-hydrogen) atoms. The largest absolute Gasteiger partial charge is 0.349 e. The number of ketones is 1. The van der Waals surface area contributed by atoms with Crippen molar-refractivity contribution in [1.82, 2.24) is 10.2 Å². The first kappa shape index (κ1) is 17.7. The fourth-order valence-electron chi connectivity index (χ4n) is 5.04. The minimum absolute atomic E-state index is 0.0205. The van der Waals surface area contributed by atoms with Gasteiger partial charge in [0, 0.05) is 30.1 Å². The number of hydrogen-bond donors (Lipinski definition) is 1. The minimum atomic E-state index is 0.0205. The molecule has 1 N–H and O–H groups in total. The number of piperidine rings is 1. The van der Waals surface area contributed by atoms with Gasteiger partial charge in [0.15, 0.2) is 5.78 Å². The van der Waals surface area contributed by atoms with Gasteiger partial charge < -0.3 is 10.2 Å². The Balaban J connectivity index is 1.44. The van der Waals surface area contributed by atoms with Crippen LogP contribution < -0.4 is 5.32 Å². The number of rotatable bonds is 4. The molecule has 1 saturated carbocycles. The lowest BCUT2D eigenvalue weighted by Gasteiger charge is -2.37. The van der Waals surface area contributed by atoms with E-state index < -0.39 is 0 Å². The van der Waals surface area contributed by atoms with E-state index in [1.54, 1.807) is 0 Å². The van der Waals surface area contributed by atoms with Gasteiger partial charge in [0.25, 0.3) is 5.91 Å². The predicted molar refractivity (Wildman–Crippen MR) is 103 cm³/mol. The van der Waals surface area contributed by atoms with Gasteiger partial charge in [-0.2, -0.15) is 0 Å². The van der Waals surface area contributed by atoms with E-state index in [9.17, 15) is 9.59 Å². The molecule has 1 amide bonds. The van der Waals surface area contributed by atoms with E-state index in [0.29, 0.717) is 18.8 Å². The van der Waals surface area contributed by atoms with Crippen molar-refractivity contribution in [1.29, 1.82) is 0 Å². The van der Waals surface area contributed by atoms with Crippen molar-refractivity contribution in [3.8, 4) is 0 Å². The highest BCUT2D eigenvalue weighted by Crippen LogP contribution is 2.28. The molecule has 1 aliphatic heterocycles. The number of hydrogen-bond acceptors (Lipinski definition) is 3. The van der Waals surface area contributed by atoms with Gasteiger partial charge in [-0.25, -0.2) is 0 Å². The summed E-state index contributed by atoms with van der Waals surface area (Å²) in [4.78, 5) is 27.5. The summed E-state index contributed by atoms with van der Waals surface area (Å²) in [7, 11) is 0. The fourth-order valence-corrected chi connectivity index (χ4v) is 5.04. The lowest BCUT2D eigenvalue weighted by atomic mass is 9.83. The number of nitrogens with zero attached hydrogens (tertiary/aromatic N) is 1. The number of carbonyl (C=O) groups excluding carboxylic acids is 2. The van der Waals surface area contributed by atoms with Crippen molar-refractivity contribution in [3.05, 3.63) is 34.9 Å². The molecule has 4 heteroatoms. The van der Waals surface area contributed by atoms with E-state index in [0.717, 1.165) is 29.7 Å². The van der Waals surface area contributed by atoms with Gasteiger partial charge in [0.05, 0.1) is 0 Å². The molecule has 0 bridgehead atoms. The molecule has 4 rings (SSSR count). The van der Waals surface area contributed by atoms with Crippen molar-refractivity contribution in [2.45, 2.75) is 63.8 Å². The molecule has 1 aromatic rings. The molecule has 140 valence electrons. The number of fused-ring (bicyclic) bond motifs is 1. The van der Waals surface area contributed by atoms with Crippen molar-refractivity contribution < 1.29 is 9.59 Å². The third-order valence-electron chi connectivity index (χ3n) is 6.49. The lowest BCUT2D eigenvalue weighted by molar-refractivity contribution is 0.0876. The number of carbonyl (C=O) groups is 2. The Kier molecular flexibility index (Phi) is 5.39.